The maximum atomic E-state index is 14.3. The number of alkyl halides is 6. The van der Waals surface area contributed by atoms with Crippen LogP contribution in [0.15, 0.2) is 60.7 Å². The lowest BCUT2D eigenvalue weighted by Gasteiger charge is -2.16. The standard InChI is InChI=1S/C24H16F6O5P/c1-34-16-9-6-10-17(35-2)18(16)22(32)36(33)21-15(23(25,26)27)12-11-14(19(21)24(28,29)30)20(31)13-7-4-3-5-8-13/h3-12H,1-2H3/q+1. The Morgan fingerprint density at radius 1 is 0.750 bits per heavy atom. The summed E-state index contributed by atoms with van der Waals surface area (Å²) in [4.78, 5) is 26.0. The molecule has 3 aromatic carbocycles. The van der Waals surface area contributed by atoms with Crippen molar-refractivity contribution in [2.45, 2.75) is 12.4 Å². The zero-order valence-corrected chi connectivity index (χ0v) is 19.4. The molecule has 0 aliphatic rings. The molecule has 3 rings (SSSR count). The second-order valence-corrected chi connectivity index (χ2v) is 8.65. The van der Waals surface area contributed by atoms with Crippen LogP contribution in [-0.4, -0.2) is 25.5 Å². The maximum absolute atomic E-state index is 14.3. The van der Waals surface area contributed by atoms with E-state index in [1.54, 1.807) is 0 Å². The zero-order chi connectivity index (χ0) is 26.8. The summed E-state index contributed by atoms with van der Waals surface area (Å²) in [5.41, 5.74) is -7.69. The molecule has 0 saturated carbocycles. The maximum Gasteiger partial charge on any atom is 0.460 e. The van der Waals surface area contributed by atoms with Gasteiger partial charge in [-0.2, -0.15) is 26.3 Å². The molecular weight excluding hydrogens is 513 g/mol. The molecule has 5 nitrogen and oxygen atoms in total. The highest BCUT2D eigenvalue weighted by molar-refractivity contribution is 7.71. The Bertz CT molecular complexity index is 1310. The normalized spacial score (nSPS) is 12.2. The van der Waals surface area contributed by atoms with Crippen molar-refractivity contribution in [3.63, 3.8) is 0 Å². The van der Waals surface area contributed by atoms with Crippen molar-refractivity contribution in [1.82, 2.24) is 0 Å². The van der Waals surface area contributed by atoms with Gasteiger partial charge in [-0.15, -0.1) is 0 Å². The smallest absolute Gasteiger partial charge is 0.460 e. The van der Waals surface area contributed by atoms with Crippen molar-refractivity contribution in [3.05, 3.63) is 88.5 Å². The molecule has 0 fully saturated rings. The number of ether oxygens (including phenoxy) is 2. The second kappa shape index (κ2) is 10.1. The SMILES string of the molecule is COc1cccc(OC)c1C(=O)[P+](=O)c1c(C(F)(F)F)ccc(C(=O)c2ccccc2)c1C(F)(F)F. The Morgan fingerprint density at radius 2 is 1.31 bits per heavy atom. The van der Waals surface area contributed by atoms with Crippen LogP contribution in [0.2, 0.25) is 0 Å². The molecule has 0 spiro atoms. The molecule has 0 bridgehead atoms. The molecule has 36 heavy (non-hydrogen) atoms. The van der Waals surface area contributed by atoms with Crippen LogP contribution in [0.25, 0.3) is 0 Å². The number of halogens is 6. The quantitative estimate of drug-likeness (QED) is 0.205. The summed E-state index contributed by atoms with van der Waals surface area (Å²) in [5.74, 6) is -1.81. The van der Waals surface area contributed by atoms with Crippen LogP contribution >= 0.6 is 7.80 Å². The summed E-state index contributed by atoms with van der Waals surface area (Å²) in [6, 6.07) is 10.8. The van der Waals surface area contributed by atoms with Gasteiger partial charge in [-0.1, -0.05) is 41.0 Å². The van der Waals surface area contributed by atoms with Gasteiger partial charge in [-0.05, 0) is 24.3 Å². The predicted octanol–water partition coefficient (Wildman–Crippen LogP) is 6.27. The van der Waals surface area contributed by atoms with Crippen LogP contribution in [0.4, 0.5) is 26.3 Å². The Kier molecular flexibility index (Phi) is 7.54. The molecule has 1 atom stereocenters. The number of hydrogen-bond donors (Lipinski definition) is 0. The van der Waals surface area contributed by atoms with E-state index in [1.807, 2.05) is 0 Å². The molecule has 0 heterocycles. The minimum Gasteiger partial charge on any atom is -0.496 e. The summed E-state index contributed by atoms with van der Waals surface area (Å²) in [6.45, 7) is 0. The fourth-order valence-electron chi connectivity index (χ4n) is 3.52. The molecule has 0 aliphatic carbocycles. The van der Waals surface area contributed by atoms with Crippen LogP contribution in [0.3, 0.4) is 0 Å². The highest BCUT2D eigenvalue weighted by Gasteiger charge is 2.53. The molecule has 0 radical (unpaired) electrons. The largest absolute Gasteiger partial charge is 0.496 e. The molecule has 0 N–H and O–H groups in total. The van der Waals surface area contributed by atoms with Gasteiger partial charge in [0.05, 0.1) is 14.2 Å². The lowest BCUT2D eigenvalue weighted by Crippen LogP contribution is -2.30. The molecule has 1 unspecified atom stereocenters. The molecule has 0 amide bonds. The van der Waals surface area contributed by atoms with Gasteiger partial charge in [-0.25, -0.2) is 4.79 Å². The Labute approximate surface area is 201 Å². The predicted molar refractivity (Wildman–Crippen MR) is 117 cm³/mol. The Hall–Kier alpha value is -3.72. The van der Waals surface area contributed by atoms with Gasteiger partial charge < -0.3 is 9.47 Å². The first-order valence-corrected chi connectivity index (χ1v) is 11.2. The van der Waals surface area contributed by atoms with E-state index in [1.165, 1.54) is 48.5 Å². The van der Waals surface area contributed by atoms with E-state index in [0.29, 0.717) is 6.07 Å². The fourth-order valence-corrected chi connectivity index (χ4v) is 5.01. The van der Waals surface area contributed by atoms with Gasteiger partial charge in [0.25, 0.3) is 0 Å². The lowest BCUT2D eigenvalue weighted by atomic mass is 9.95. The molecule has 188 valence electrons. The van der Waals surface area contributed by atoms with E-state index < -0.39 is 59.0 Å². The van der Waals surface area contributed by atoms with Crippen molar-refractivity contribution >= 4 is 24.4 Å². The Balaban J connectivity index is 2.37. The highest BCUT2D eigenvalue weighted by Crippen LogP contribution is 2.45. The average molecular weight is 529 g/mol. The number of carbonyl (C=O) groups excluding carboxylic acids is 2. The van der Waals surface area contributed by atoms with Crippen LogP contribution in [0, 0.1) is 0 Å². The van der Waals surface area contributed by atoms with Gasteiger partial charge in [0.2, 0.25) is 5.30 Å². The third-order valence-corrected chi connectivity index (χ3v) is 6.54. The average Bonchev–Trinajstić information content (AvgIpc) is 2.85. The van der Waals surface area contributed by atoms with Gasteiger partial charge in [0.15, 0.2) is 11.3 Å². The molecule has 0 saturated heterocycles. The van der Waals surface area contributed by atoms with E-state index in [9.17, 15) is 40.5 Å². The summed E-state index contributed by atoms with van der Waals surface area (Å²) in [5, 5.41) is -1.84. The first-order valence-electron chi connectivity index (χ1n) is 9.96. The molecule has 12 heteroatoms. The lowest BCUT2D eigenvalue weighted by molar-refractivity contribution is -0.141. The number of rotatable bonds is 7. The van der Waals surface area contributed by atoms with Crippen molar-refractivity contribution in [2.75, 3.05) is 14.2 Å². The second-order valence-electron chi connectivity index (χ2n) is 7.21. The number of methoxy groups -OCH3 is 2. The summed E-state index contributed by atoms with van der Waals surface area (Å²) < 4.78 is 108. The number of carbonyl (C=O) groups is 2. The first-order chi connectivity index (χ1) is 16.8. The van der Waals surface area contributed by atoms with Gasteiger partial charge in [0, 0.05) is 11.1 Å². The van der Waals surface area contributed by atoms with Crippen molar-refractivity contribution in [1.29, 1.82) is 0 Å². The number of ketones is 1. The van der Waals surface area contributed by atoms with Gasteiger partial charge in [0.1, 0.15) is 22.6 Å². The molecule has 0 aromatic heterocycles. The monoisotopic (exact) mass is 529 g/mol. The van der Waals surface area contributed by atoms with Crippen molar-refractivity contribution in [2.24, 2.45) is 0 Å². The third kappa shape index (κ3) is 5.11. The first kappa shape index (κ1) is 26.9. The van der Waals surface area contributed by atoms with Gasteiger partial charge >= 0.3 is 25.7 Å². The zero-order valence-electron chi connectivity index (χ0n) is 18.5. The van der Waals surface area contributed by atoms with E-state index in [-0.39, 0.29) is 23.1 Å². The Morgan fingerprint density at radius 3 is 1.78 bits per heavy atom. The summed E-state index contributed by atoms with van der Waals surface area (Å²) >= 11 is 0. The number of hydrogen-bond acceptors (Lipinski definition) is 5. The highest BCUT2D eigenvalue weighted by atomic mass is 31.1. The van der Waals surface area contributed by atoms with Crippen LogP contribution in [0.5, 0.6) is 11.5 Å². The van der Waals surface area contributed by atoms with Gasteiger partial charge in [-0.3, -0.25) is 4.79 Å². The number of benzene rings is 3. The molecule has 3 aromatic rings. The van der Waals surface area contributed by atoms with E-state index in [0.717, 1.165) is 14.2 Å². The van der Waals surface area contributed by atoms with E-state index in [4.69, 9.17) is 9.47 Å². The molecular formula is C24H16F6O5P+. The minimum absolute atomic E-state index is 0.209. The van der Waals surface area contributed by atoms with Crippen LogP contribution < -0.4 is 14.8 Å². The van der Waals surface area contributed by atoms with Crippen LogP contribution in [-0.2, 0) is 16.9 Å². The van der Waals surface area contributed by atoms with Crippen molar-refractivity contribution in [3.8, 4) is 11.5 Å². The van der Waals surface area contributed by atoms with E-state index in [2.05, 4.69) is 0 Å². The minimum atomic E-state index is -5.58. The third-order valence-electron chi connectivity index (χ3n) is 5.08. The van der Waals surface area contributed by atoms with Crippen LogP contribution in [0.1, 0.15) is 37.4 Å². The van der Waals surface area contributed by atoms with Crippen molar-refractivity contribution < 1.29 is 50.0 Å². The topological polar surface area (TPSA) is 69.7 Å². The summed E-state index contributed by atoms with van der Waals surface area (Å²) in [6.07, 6.45) is -11.0. The fraction of sp³-hybridized carbons (Fsp3) is 0.167. The summed E-state index contributed by atoms with van der Waals surface area (Å²) in [7, 11) is -1.88. The van der Waals surface area contributed by atoms with E-state index >= 15 is 0 Å². The molecule has 0 aliphatic heterocycles.